The lowest BCUT2D eigenvalue weighted by Crippen LogP contribution is -2.44. The molecule has 1 saturated carbocycles. The van der Waals surface area contributed by atoms with Crippen molar-refractivity contribution in [2.24, 2.45) is 11.3 Å². The standard InChI is InChI=1S/C12H23NO/c1-5-12(3,4)8-10-6-11(7-10)13-9(2)14/h10-11H,5-8H2,1-4H3,(H,13,14). The molecule has 0 aromatic rings. The number of nitrogens with one attached hydrogen (secondary N) is 1. The SMILES string of the molecule is CCC(C)(C)CC1CC(NC(C)=O)C1. The first-order chi connectivity index (χ1) is 6.43. The van der Waals surface area contributed by atoms with Gasteiger partial charge in [0, 0.05) is 13.0 Å². The highest BCUT2D eigenvalue weighted by Gasteiger charge is 2.33. The summed E-state index contributed by atoms with van der Waals surface area (Å²) >= 11 is 0. The largest absolute Gasteiger partial charge is 0.354 e. The van der Waals surface area contributed by atoms with Crippen molar-refractivity contribution < 1.29 is 4.79 Å². The van der Waals surface area contributed by atoms with E-state index in [0.717, 1.165) is 5.92 Å². The highest BCUT2D eigenvalue weighted by Crippen LogP contribution is 2.39. The summed E-state index contributed by atoms with van der Waals surface area (Å²) in [5.74, 6) is 0.949. The average molecular weight is 197 g/mol. The molecule has 1 rings (SSSR count). The number of carbonyl (C=O) groups is 1. The van der Waals surface area contributed by atoms with E-state index < -0.39 is 0 Å². The van der Waals surface area contributed by atoms with Crippen molar-refractivity contribution in [3.05, 3.63) is 0 Å². The summed E-state index contributed by atoms with van der Waals surface area (Å²) < 4.78 is 0. The van der Waals surface area contributed by atoms with Crippen molar-refractivity contribution in [3.63, 3.8) is 0 Å². The summed E-state index contributed by atoms with van der Waals surface area (Å²) in [5, 5.41) is 2.97. The Balaban J connectivity index is 2.19. The zero-order valence-electron chi connectivity index (χ0n) is 9.89. The molecule has 0 unspecified atom stereocenters. The maximum Gasteiger partial charge on any atom is 0.217 e. The molecule has 0 aliphatic heterocycles. The van der Waals surface area contributed by atoms with Crippen LogP contribution in [-0.2, 0) is 4.79 Å². The number of carbonyl (C=O) groups excluding carboxylic acids is 1. The van der Waals surface area contributed by atoms with E-state index in [0.29, 0.717) is 11.5 Å². The topological polar surface area (TPSA) is 29.1 Å². The van der Waals surface area contributed by atoms with Gasteiger partial charge in [-0.15, -0.1) is 0 Å². The van der Waals surface area contributed by atoms with Crippen LogP contribution in [0, 0.1) is 11.3 Å². The van der Waals surface area contributed by atoms with Crippen LogP contribution in [0.5, 0.6) is 0 Å². The van der Waals surface area contributed by atoms with Crippen molar-refractivity contribution in [3.8, 4) is 0 Å². The smallest absolute Gasteiger partial charge is 0.217 e. The summed E-state index contributed by atoms with van der Waals surface area (Å²) in [6.07, 6.45) is 4.92. The molecule has 0 heterocycles. The van der Waals surface area contributed by atoms with Crippen LogP contribution >= 0.6 is 0 Å². The van der Waals surface area contributed by atoms with Crippen LogP contribution in [0.3, 0.4) is 0 Å². The Bertz CT molecular complexity index is 204. The van der Waals surface area contributed by atoms with Gasteiger partial charge in [0.1, 0.15) is 0 Å². The van der Waals surface area contributed by atoms with E-state index in [9.17, 15) is 4.79 Å². The van der Waals surface area contributed by atoms with Crippen LogP contribution in [0.4, 0.5) is 0 Å². The van der Waals surface area contributed by atoms with Crippen LogP contribution in [0.15, 0.2) is 0 Å². The maximum atomic E-state index is 10.8. The molecule has 1 fully saturated rings. The van der Waals surface area contributed by atoms with Crippen LogP contribution in [0.25, 0.3) is 0 Å². The molecule has 0 radical (unpaired) electrons. The van der Waals surface area contributed by atoms with Crippen LogP contribution in [-0.4, -0.2) is 11.9 Å². The van der Waals surface area contributed by atoms with Gasteiger partial charge in [-0.3, -0.25) is 4.79 Å². The fraction of sp³-hybridized carbons (Fsp3) is 0.917. The lowest BCUT2D eigenvalue weighted by atomic mass is 9.70. The second-order valence-corrected chi connectivity index (χ2v) is 5.46. The van der Waals surface area contributed by atoms with Gasteiger partial charge in [0.05, 0.1) is 0 Å². The molecule has 1 aliphatic rings. The summed E-state index contributed by atoms with van der Waals surface area (Å²) in [7, 11) is 0. The summed E-state index contributed by atoms with van der Waals surface area (Å²) in [6.45, 7) is 8.52. The van der Waals surface area contributed by atoms with Crippen molar-refractivity contribution in [1.29, 1.82) is 0 Å². The minimum Gasteiger partial charge on any atom is -0.354 e. The molecule has 1 aliphatic carbocycles. The Morgan fingerprint density at radius 1 is 1.43 bits per heavy atom. The number of hydrogen-bond donors (Lipinski definition) is 1. The molecule has 82 valence electrons. The molecule has 0 atom stereocenters. The number of hydrogen-bond acceptors (Lipinski definition) is 1. The van der Waals surface area contributed by atoms with Gasteiger partial charge in [-0.1, -0.05) is 27.2 Å². The van der Waals surface area contributed by atoms with Crippen molar-refractivity contribution in [2.45, 2.75) is 59.4 Å². The van der Waals surface area contributed by atoms with Gasteiger partial charge in [0.25, 0.3) is 0 Å². The molecule has 0 aromatic heterocycles. The molecule has 2 nitrogen and oxygen atoms in total. The van der Waals surface area contributed by atoms with E-state index >= 15 is 0 Å². The fourth-order valence-corrected chi connectivity index (χ4v) is 2.23. The zero-order valence-corrected chi connectivity index (χ0v) is 9.89. The second-order valence-electron chi connectivity index (χ2n) is 5.46. The minimum atomic E-state index is 0.114. The van der Waals surface area contributed by atoms with Crippen LogP contribution < -0.4 is 5.32 Å². The van der Waals surface area contributed by atoms with E-state index in [2.05, 4.69) is 26.1 Å². The third kappa shape index (κ3) is 3.32. The van der Waals surface area contributed by atoms with Gasteiger partial charge in [-0.2, -0.15) is 0 Å². The van der Waals surface area contributed by atoms with E-state index in [-0.39, 0.29) is 5.91 Å². The molecule has 1 N–H and O–H groups in total. The quantitative estimate of drug-likeness (QED) is 0.737. The Labute approximate surface area is 87.5 Å². The fourth-order valence-electron chi connectivity index (χ4n) is 2.23. The molecule has 2 heteroatoms. The first kappa shape index (κ1) is 11.5. The molecule has 0 spiro atoms. The zero-order chi connectivity index (χ0) is 10.8. The van der Waals surface area contributed by atoms with E-state index in [4.69, 9.17) is 0 Å². The van der Waals surface area contributed by atoms with E-state index in [1.165, 1.54) is 25.7 Å². The predicted molar refractivity (Wildman–Crippen MR) is 59.0 cm³/mol. The van der Waals surface area contributed by atoms with E-state index in [1.807, 2.05) is 0 Å². The molecule has 0 aromatic carbocycles. The first-order valence-corrected chi connectivity index (χ1v) is 5.70. The van der Waals surface area contributed by atoms with Crippen molar-refractivity contribution in [1.82, 2.24) is 5.32 Å². The van der Waals surface area contributed by atoms with Gasteiger partial charge >= 0.3 is 0 Å². The number of rotatable bonds is 4. The number of amides is 1. The first-order valence-electron chi connectivity index (χ1n) is 5.70. The average Bonchev–Trinajstić information content (AvgIpc) is 1.99. The lowest BCUT2D eigenvalue weighted by Gasteiger charge is -2.40. The molecule has 0 bridgehead atoms. The highest BCUT2D eigenvalue weighted by molar-refractivity contribution is 5.73. The monoisotopic (exact) mass is 197 g/mol. The van der Waals surface area contributed by atoms with Crippen LogP contribution in [0.2, 0.25) is 0 Å². The Hall–Kier alpha value is -0.530. The molecule has 1 amide bonds. The Morgan fingerprint density at radius 3 is 2.43 bits per heavy atom. The third-order valence-electron chi connectivity index (χ3n) is 3.44. The van der Waals surface area contributed by atoms with Crippen LogP contribution in [0.1, 0.15) is 53.4 Å². The van der Waals surface area contributed by atoms with Gasteiger partial charge in [0.15, 0.2) is 0 Å². The van der Waals surface area contributed by atoms with E-state index in [1.54, 1.807) is 6.92 Å². The Morgan fingerprint density at radius 2 is 2.00 bits per heavy atom. The molecular weight excluding hydrogens is 174 g/mol. The molecule has 14 heavy (non-hydrogen) atoms. The summed E-state index contributed by atoms with van der Waals surface area (Å²) in [5.41, 5.74) is 0.478. The normalized spacial score (nSPS) is 26.9. The van der Waals surface area contributed by atoms with Gasteiger partial charge in [0.2, 0.25) is 5.91 Å². The summed E-state index contributed by atoms with van der Waals surface area (Å²) in [4.78, 5) is 10.8. The molecular formula is C12H23NO. The Kier molecular flexibility index (Phi) is 3.57. The minimum absolute atomic E-state index is 0.114. The van der Waals surface area contributed by atoms with Gasteiger partial charge in [-0.25, -0.2) is 0 Å². The molecule has 0 saturated heterocycles. The van der Waals surface area contributed by atoms with Gasteiger partial charge < -0.3 is 5.32 Å². The third-order valence-corrected chi connectivity index (χ3v) is 3.44. The second kappa shape index (κ2) is 4.33. The lowest BCUT2D eigenvalue weighted by molar-refractivity contribution is -0.120. The predicted octanol–water partition coefficient (Wildman–Crippen LogP) is 2.73. The van der Waals surface area contributed by atoms with Gasteiger partial charge in [-0.05, 0) is 30.6 Å². The highest BCUT2D eigenvalue weighted by atomic mass is 16.1. The van der Waals surface area contributed by atoms with Crippen molar-refractivity contribution in [2.75, 3.05) is 0 Å². The summed E-state index contributed by atoms with van der Waals surface area (Å²) in [6, 6.07) is 0.463. The maximum absolute atomic E-state index is 10.8. The van der Waals surface area contributed by atoms with Crippen molar-refractivity contribution >= 4 is 5.91 Å².